The van der Waals surface area contributed by atoms with Gasteiger partial charge in [-0.15, -0.1) is 0 Å². The molecular weight excluding hydrogens is 346 g/mol. The Kier molecular flexibility index (Phi) is 6.23. The van der Waals surface area contributed by atoms with Crippen molar-refractivity contribution in [3.63, 3.8) is 0 Å². The first-order valence-electron chi connectivity index (χ1n) is 8.52. The van der Waals surface area contributed by atoms with Gasteiger partial charge in [-0.3, -0.25) is 4.79 Å². The standard InChI is InChI=1S/C21H20ClN3O/c22-18-10-4-5-11-19(18)25-17-12-13-20(24-15-17)21(26)23-14-6-9-16-7-2-1-3-8-16/h1-5,7-8,10-13,15,25H,6,9,14H2,(H,23,26). The Morgan fingerprint density at radius 3 is 2.46 bits per heavy atom. The molecular formula is C21H20ClN3O. The summed E-state index contributed by atoms with van der Waals surface area (Å²) in [6.07, 6.45) is 3.46. The first-order valence-corrected chi connectivity index (χ1v) is 8.90. The number of nitrogens with zero attached hydrogens (tertiary/aromatic N) is 1. The zero-order valence-corrected chi connectivity index (χ0v) is 15.0. The average Bonchev–Trinajstić information content (AvgIpc) is 2.68. The molecule has 0 saturated carbocycles. The van der Waals surface area contributed by atoms with E-state index in [1.54, 1.807) is 12.3 Å². The second kappa shape index (κ2) is 9.02. The highest BCUT2D eigenvalue weighted by molar-refractivity contribution is 6.33. The number of aryl methyl sites for hydroxylation is 1. The molecule has 0 fully saturated rings. The zero-order valence-electron chi connectivity index (χ0n) is 14.3. The number of anilines is 2. The predicted octanol–water partition coefficient (Wildman–Crippen LogP) is 4.84. The molecule has 5 heteroatoms. The molecule has 2 N–H and O–H groups in total. The minimum Gasteiger partial charge on any atom is -0.353 e. The fourth-order valence-corrected chi connectivity index (χ4v) is 2.73. The van der Waals surface area contributed by atoms with Crippen LogP contribution in [0, 0.1) is 0 Å². The minimum atomic E-state index is -0.164. The largest absolute Gasteiger partial charge is 0.353 e. The van der Waals surface area contributed by atoms with Gasteiger partial charge >= 0.3 is 0 Å². The number of hydrogen-bond acceptors (Lipinski definition) is 3. The summed E-state index contributed by atoms with van der Waals surface area (Å²) in [5.41, 5.74) is 3.25. The molecule has 0 aliphatic heterocycles. The molecule has 0 aliphatic carbocycles. The molecule has 0 unspecified atom stereocenters. The number of hydrogen-bond donors (Lipinski definition) is 2. The number of halogens is 1. The number of benzene rings is 2. The van der Waals surface area contributed by atoms with Crippen LogP contribution in [0.5, 0.6) is 0 Å². The Bertz CT molecular complexity index is 851. The maximum Gasteiger partial charge on any atom is 0.269 e. The fraction of sp³-hybridized carbons (Fsp3) is 0.143. The number of carbonyl (C=O) groups excluding carboxylic acids is 1. The molecule has 0 spiro atoms. The molecule has 0 atom stereocenters. The third-order valence-electron chi connectivity index (χ3n) is 3.92. The first-order chi connectivity index (χ1) is 12.7. The van der Waals surface area contributed by atoms with Gasteiger partial charge in [0.05, 0.1) is 22.6 Å². The van der Waals surface area contributed by atoms with Crippen molar-refractivity contribution in [1.82, 2.24) is 10.3 Å². The quantitative estimate of drug-likeness (QED) is 0.589. The number of amides is 1. The highest BCUT2D eigenvalue weighted by Crippen LogP contribution is 2.24. The summed E-state index contributed by atoms with van der Waals surface area (Å²) in [6, 6.07) is 21.2. The van der Waals surface area contributed by atoms with Crippen molar-refractivity contribution >= 4 is 28.9 Å². The Morgan fingerprint density at radius 2 is 1.73 bits per heavy atom. The molecule has 3 aromatic rings. The topological polar surface area (TPSA) is 54.0 Å². The van der Waals surface area contributed by atoms with Crippen molar-refractivity contribution in [3.05, 3.63) is 89.2 Å². The van der Waals surface area contributed by atoms with Gasteiger partial charge in [0.2, 0.25) is 0 Å². The lowest BCUT2D eigenvalue weighted by molar-refractivity contribution is 0.0948. The zero-order chi connectivity index (χ0) is 18.2. The third-order valence-corrected chi connectivity index (χ3v) is 4.25. The summed E-state index contributed by atoms with van der Waals surface area (Å²) in [5, 5.41) is 6.72. The van der Waals surface area contributed by atoms with E-state index in [4.69, 9.17) is 11.6 Å². The minimum absolute atomic E-state index is 0.164. The Labute approximate surface area is 158 Å². The van der Waals surface area contributed by atoms with Crippen molar-refractivity contribution in [2.24, 2.45) is 0 Å². The lowest BCUT2D eigenvalue weighted by Gasteiger charge is -2.09. The monoisotopic (exact) mass is 365 g/mol. The molecule has 1 heterocycles. The van der Waals surface area contributed by atoms with Crippen molar-refractivity contribution in [2.45, 2.75) is 12.8 Å². The maximum atomic E-state index is 12.2. The lowest BCUT2D eigenvalue weighted by Crippen LogP contribution is -2.25. The van der Waals surface area contributed by atoms with Crippen LogP contribution in [0.15, 0.2) is 72.9 Å². The van der Waals surface area contributed by atoms with E-state index in [0.717, 1.165) is 24.2 Å². The van der Waals surface area contributed by atoms with Crippen LogP contribution in [0.2, 0.25) is 5.02 Å². The van der Waals surface area contributed by atoms with Crippen LogP contribution < -0.4 is 10.6 Å². The lowest BCUT2D eigenvalue weighted by atomic mass is 10.1. The van der Waals surface area contributed by atoms with Crippen LogP contribution in [0.3, 0.4) is 0 Å². The normalized spacial score (nSPS) is 10.3. The highest BCUT2D eigenvalue weighted by atomic mass is 35.5. The fourth-order valence-electron chi connectivity index (χ4n) is 2.55. The number of rotatable bonds is 7. The van der Waals surface area contributed by atoms with Crippen LogP contribution in [0.4, 0.5) is 11.4 Å². The summed E-state index contributed by atoms with van der Waals surface area (Å²) in [6.45, 7) is 0.620. The van der Waals surface area contributed by atoms with E-state index in [0.29, 0.717) is 17.3 Å². The van der Waals surface area contributed by atoms with Gasteiger partial charge in [-0.1, -0.05) is 54.1 Å². The smallest absolute Gasteiger partial charge is 0.269 e. The Hall–Kier alpha value is -2.85. The molecule has 1 amide bonds. The summed E-state index contributed by atoms with van der Waals surface area (Å²) < 4.78 is 0. The van der Waals surface area contributed by atoms with E-state index in [-0.39, 0.29) is 5.91 Å². The second-order valence-electron chi connectivity index (χ2n) is 5.88. The number of para-hydroxylation sites is 1. The van der Waals surface area contributed by atoms with Crippen molar-refractivity contribution in [2.75, 3.05) is 11.9 Å². The summed E-state index contributed by atoms with van der Waals surface area (Å²) >= 11 is 6.12. The molecule has 4 nitrogen and oxygen atoms in total. The maximum absolute atomic E-state index is 12.2. The summed E-state index contributed by atoms with van der Waals surface area (Å²) in [7, 11) is 0. The van der Waals surface area contributed by atoms with Gasteiger partial charge in [-0.2, -0.15) is 0 Å². The van der Waals surface area contributed by atoms with E-state index < -0.39 is 0 Å². The molecule has 0 bridgehead atoms. The van der Waals surface area contributed by atoms with Crippen LogP contribution in [0.25, 0.3) is 0 Å². The third kappa shape index (κ3) is 5.07. The second-order valence-corrected chi connectivity index (χ2v) is 6.29. The van der Waals surface area contributed by atoms with E-state index in [1.165, 1.54) is 5.56 Å². The predicted molar refractivity (Wildman–Crippen MR) is 106 cm³/mol. The van der Waals surface area contributed by atoms with Gasteiger partial charge in [0.25, 0.3) is 5.91 Å². The molecule has 3 rings (SSSR count). The molecule has 132 valence electrons. The van der Waals surface area contributed by atoms with E-state index in [9.17, 15) is 4.79 Å². The van der Waals surface area contributed by atoms with Crippen molar-refractivity contribution in [3.8, 4) is 0 Å². The van der Waals surface area contributed by atoms with Crippen LogP contribution in [0.1, 0.15) is 22.5 Å². The van der Waals surface area contributed by atoms with Crippen LogP contribution in [-0.2, 0) is 6.42 Å². The highest BCUT2D eigenvalue weighted by Gasteiger charge is 2.07. The summed E-state index contributed by atoms with van der Waals surface area (Å²) in [4.78, 5) is 16.4. The summed E-state index contributed by atoms with van der Waals surface area (Å²) in [5.74, 6) is -0.164. The van der Waals surface area contributed by atoms with Crippen LogP contribution in [-0.4, -0.2) is 17.4 Å². The molecule has 1 aromatic heterocycles. The molecule has 0 saturated heterocycles. The average molecular weight is 366 g/mol. The molecule has 0 aliphatic rings. The number of pyridine rings is 1. The molecule has 2 aromatic carbocycles. The van der Waals surface area contributed by atoms with Gasteiger partial charge in [-0.05, 0) is 42.7 Å². The van der Waals surface area contributed by atoms with Gasteiger partial charge in [-0.25, -0.2) is 4.98 Å². The van der Waals surface area contributed by atoms with Crippen LogP contribution >= 0.6 is 11.6 Å². The van der Waals surface area contributed by atoms with Gasteiger partial charge < -0.3 is 10.6 Å². The Balaban J connectivity index is 1.48. The molecule has 26 heavy (non-hydrogen) atoms. The number of aromatic nitrogens is 1. The van der Waals surface area contributed by atoms with Gasteiger partial charge in [0.1, 0.15) is 5.69 Å². The molecule has 0 radical (unpaired) electrons. The SMILES string of the molecule is O=C(NCCCc1ccccc1)c1ccc(Nc2ccccc2Cl)cn1. The van der Waals surface area contributed by atoms with E-state index in [2.05, 4.69) is 27.8 Å². The van der Waals surface area contributed by atoms with E-state index >= 15 is 0 Å². The van der Waals surface area contributed by atoms with Crippen molar-refractivity contribution in [1.29, 1.82) is 0 Å². The Morgan fingerprint density at radius 1 is 0.962 bits per heavy atom. The van der Waals surface area contributed by atoms with Gasteiger partial charge in [0, 0.05) is 6.54 Å². The first kappa shape index (κ1) is 18.0. The number of carbonyl (C=O) groups is 1. The number of nitrogens with one attached hydrogen (secondary N) is 2. The van der Waals surface area contributed by atoms with Crippen molar-refractivity contribution < 1.29 is 4.79 Å². The van der Waals surface area contributed by atoms with E-state index in [1.807, 2.05) is 48.5 Å². The van der Waals surface area contributed by atoms with Gasteiger partial charge in [0.15, 0.2) is 0 Å².